The van der Waals surface area contributed by atoms with Crippen molar-refractivity contribution in [3.63, 3.8) is 0 Å². The number of aromatic nitrogens is 1. The van der Waals surface area contributed by atoms with Crippen LogP contribution >= 0.6 is 0 Å². The summed E-state index contributed by atoms with van der Waals surface area (Å²) < 4.78 is 5.20. The lowest BCUT2D eigenvalue weighted by Gasteiger charge is -2.32. The van der Waals surface area contributed by atoms with Crippen molar-refractivity contribution in [1.29, 1.82) is 0 Å². The number of anilines is 1. The third-order valence-electron chi connectivity index (χ3n) is 6.84. The number of fused-ring (bicyclic) bond motifs is 2. The number of rotatable bonds is 6. The second-order valence-electron chi connectivity index (χ2n) is 9.50. The number of likely N-dealkylation sites (tertiary alicyclic amines) is 1. The fraction of sp³-hybridized carbons (Fsp3) is 0.423. The summed E-state index contributed by atoms with van der Waals surface area (Å²) in [7, 11) is 3.08. The first kappa shape index (κ1) is 24.2. The number of para-hydroxylation sites is 1. The number of nitrogens with one attached hydrogen (secondary N) is 1. The summed E-state index contributed by atoms with van der Waals surface area (Å²) in [4.78, 5) is 51.0. The van der Waals surface area contributed by atoms with Crippen LogP contribution in [0.15, 0.2) is 42.6 Å². The minimum absolute atomic E-state index is 0.0930. The minimum atomic E-state index is -0.971. The maximum atomic E-state index is 13.9. The smallest absolute Gasteiger partial charge is 0.302 e. The van der Waals surface area contributed by atoms with Gasteiger partial charge in [-0.1, -0.05) is 32.0 Å². The third kappa shape index (κ3) is 4.20. The molecular weight excluding hydrogens is 446 g/mol. The van der Waals surface area contributed by atoms with Crippen LogP contribution in [-0.4, -0.2) is 65.4 Å². The second-order valence-corrected chi connectivity index (χ2v) is 9.50. The van der Waals surface area contributed by atoms with Crippen molar-refractivity contribution in [1.82, 2.24) is 14.8 Å². The Balaban J connectivity index is 1.65. The highest BCUT2D eigenvalue weighted by Gasteiger charge is 2.59. The number of amides is 3. The number of ether oxygens (including phenoxy) is 1. The summed E-state index contributed by atoms with van der Waals surface area (Å²) in [5, 5.41) is 2.90. The van der Waals surface area contributed by atoms with Crippen LogP contribution in [-0.2, 0) is 15.0 Å². The van der Waals surface area contributed by atoms with Gasteiger partial charge in [-0.05, 0) is 30.0 Å². The molecule has 9 heteroatoms. The van der Waals surface area contributed by atoms with Gasteiger partial charge in [0.2, 0.25) is 5.91 Å². The van der Waals surface area contributed by atoms with Crippen molar-refractivity contribution in [3.05, 3.63) is 65.3 Å². The molecule has 182 valence electrons. The molecule has 1 saturated heterocycles. The molecule has 0 aliphatic carbocycles. The summed E-state index contributed by atoms with van der Waals surface area (Å²) in [5.41, 5.74) is 0.711. The van der Waals surface area contributed by atoms with Gasteiger partial charge in [0.15, 0.2) is 0 Å². The molecule has 9 nitrogen and oxygen atoms in total. The lowest BCUT2D eigenvalue weighted by Crippen LogP contribution is -2.51. The van der Waals surface area contributed by atoms with E-state index in [-0.39, 0.29) is 36.4 Å². The van der Waals surface area contributed by atoms with Crippen LogP contribution in [0.1, 0.15) is 42.7 Å². The van der Waals surface area contributed by atoms with Crippen LogP contribution in [0, 0.1) is 12.5 Å². The molecule has 3 atom stereocenters. The van der Waals surface area contributed by atoms with Crippen molar-refractivity contribution >= 4 is 23.4 Å². The first-order chi connectivity index (χ1) is 16.7. The fourth-order valence-electron chi connectivity index (χ4n) is 5.00. The van der Waals surface area contributed by atoms with Gasteiger partial charge < -0.3 is 15.0 Å². The summed E-state index contributed by atoms with van der Waals surface area (Å²) in [6, 6.07) is 9.76. The maximum Gasteiger partial charge on any atom is 0.302 e. The Labute approximate surface area is 204 Å². The zero-order chi connectivity index (χ0) is 25.3. The van der Waals surface area contributed by atoms with E-state index in [1.807, 2.05) is 38.1 Å². The minimum Gasteiger partial charge on any atom is -0.497 e. The molecule has 3 heterocycles. The van der Waals surface area contributed by atoms with E-state index in [9.17, 15) is 14.4 Å². The molecule has 1 spiro atoms. The van der Waals surface area contributed by atoms with Crippen molar-refractivity contribution in [2.24, 2.45) is 5.92 Å². The highest BCUT2D eigenvalue weighted by Crippen LogP contribution is 2.47. The van der Waals surface area contributed by atoms with E-state index in [0.29, 0.717) is 17.9 Å². The molecular formula is C26H29N5O4. The molecule has 0 saturated carbocycles. The SMILES string of the molecule is [C-]#[N+][C@@H]1C[C@@]2(CN1C(=O)[C@H](CC(C)C)N(C)C(=O)c1cc(OC)ccn1)C(=O)Nc1ccccc12. The number of carbonyl (C=O) groups excluding carboxylic acids is 3. The van der Waals surface area contributed by atoms with E-state index >= 15 is 0 Å². The van der Waals surface area contributed by atoms with Crippen molar-refractivity contribution in [2.45, 2.75) is 44.3 Å². The Kier molecular flexibility index (Phi) is 6.48. The lowest BCUT2D eigenvalue weighted by molar-refractivity contribution is -0.136. The molecule has 3 amide bonds. The number of carbonyl (C=O) groups is 3. The summed E-state index contributed by atoms with van der Waals surface area (Å²) in [6.45, 7) is 11.8. The molecule has 2 aliphatic rings. The van der Waals surface area contributed by atoms with Gasteiger partial charge >= 0.3 is 6.17 Å². The Bertz CT molecular complexity index is 1210. The van der Waals surface area contributed by atoms with Gasteiger partial charge in [-0.25, -0.2) is 6.57 Å². The quantitative estimate of drug-likeness (QED) is 0.648. The molecule has 4 rings (SSSR count). The van der Waals surface area contributed by atoms with E-state index in [2.05, 4.69) is 15.1 Å². The van der Waals surface area contributed by atoms with E-state index < -0.39 is 23.5 Å². The summed E-state index contributed by atoms with van der Waals surface area (Å²) in [6.07, 6.45) is 1.30. The van der Waals surface area contributed by atoms with Gasteiger partial charge in [0.05, 0.1) is 13.5 Å². The maximum absolute atomic E-state index is 13.9. The predicted octanol–water partition coefficient (Wildman–Crippen LogP) is 2.94. The van der Waals surface area contributed by atoms with E-state index in [0.717, 1.165) is 5.56 Å². The van der Waals surface area contributed by atoms with Gasteiger partial charge in [0, 0.05) is 31.5 Å². The highest BCUT2D eigenvalue weighted by molar-refractivity contribution is 6.07. The molecule has 1 fully saturated rings. The third-order valence-corrected chi connectivity index (χ3v) is 6.84. The number of methoxy groups -OCH3 is 1. The lowest BCUT2D eigenvalue weighted by atomic mass is 9.80. The molecule has 35 heavy (non-hydrogen) atoms. The van der Waals surface area contributed by atoms with Gasteiger partial charge in [-0.2, -0.15) is 0 Å². The van der Waals surface area contributed by atoms with Crippen LogP contribution < -0.4 is 10.1 Å². The molecule has 0 unspecified atom stereocenters. The van der Waals surface area contributed by atoms with Gasteiger partial charge in [-0.3, -0.25) is 29.1 Å². The molecule has 1 N–H and O–H groups in total. The van der Waals surface area contributed by atoms with Gasteiger partial charge in [-0.15, -0.1) is 0 Å². The van der Waals surface area contributed by atoms with E-state index in [1.165, 1.54) is 29.2 Å². The normalized spacial score (nSPS) is 21.4. The van der Waals surface area contributed by atoms with Crippen LogP contribution in [0.5, 0.6) is 5.75 Å². The number of benzene rings is 1. The van der Waals surface area contributed by atoms with E-state index in [1.54, 1.807) is 13.1 Å². The number of likely N-dealkylation sites (N-methyl/N-ethyl adjacent to an activating group) is 1. The van der Waals surface area contributed by atoms with E-state index in [4.69, 9.17) is 11.3 Å². The summed E-state index contributed by atoms with van der Waals surface area (Å²) in [5.74, 6) is -0.361. The fourth-order valence-corrected chi connectivity index (χ4v) is 5.00. The average Bonchev–Trinajstić information content (AvgIpc) is 3.39. The molecule has 1 aromatic heterocycles. The molecule has 2 aliphatic heterocycles. The van der Waals surface area contributed by atoms with Crippen molar-refractivity contribution < 1.29 is 19.1 Å². The van der Waals surface area contributed by atoms with Crippen molar-refractivity contribution in [3.8, 4) is 5.75 Å². The Morgan fingerprint density at radius 2 is 2.09 bits per heavy atom. The molecule has 2 aromatic rings. The molecule has 0 bridgehead atoms. The van der Waals surface area contributed by atoms with Crippen LogP contribution in [0.2, 0.25) is 0 Å². The predicted molar refractivity (Wildman–Crippen MR) is 130 cm³/mol. The van der Waals surface area contributed by atoms with Crippen LogP contribution in [0.4, 0.5) is 5.69 Å². The summed E-state index contributed by atoms with van der Waals surface area (Å²) >= 11 is 0. The van der Waals surface area contributed by atoms with Gasteiger partial charge in [0.25, 0.3) is 11.8 Å². The zero-order valence-electron chi connectivity index (χ0n) is 20.3. The van der Waals surface area contributed by atoms with Crippen LogP contribution in [0.3, 0.4) is 0 Å². The number of hydrogen-bond donors (Lipinski definition) is 1. The molecule has 1 aromatic carbocycles. The topological polar surface area (TPSA) is 96.2 Å². The second kappa shape index (κ2) is 9.37. The first-order valence-electron chi connectivity index (χ1n) is 11.6. The van der Waals surface area contributed by atoms with Gasteiger partial charge in [0.1, 0.15) is 22.9 Å². The average molecular weight is 476 g/mol. The number of pyridine rings is 1. The standard InChI is InChI=1S/C26H29N5O4/c1-16(2)12-21(30(4)23(32)20-13-17(35-5)10-11-28-20)24(33)31-15-26(14-22(31)27-3)18-8-6-7-9-19(18)29-25(26)34/h6-11,13,16,21-22H,12,14-15H2,1-2,4-5H3,(H,29,34)/t21-,22-,26-/m0/s1. The van der Waals surface area contributed by atoms with Crippen molar-refractivity contribution in [2.75, 3.05) is 26.0 Å². The Morgan fingerprint density at radius 3 is 2.77 bits per heavy atom. The van der Waals surface area contributed by atoms with Crippen LogP contribution in [0.25, 0.3) is 4.85 Å². The first-order valence-corrected chi connectivity index (χ1v) is 11.6. The number of hydrogen-bond acceptors (Lipinski definition) is 5. The Hall–Kier alpha value is -3.93. The largest absolute Gasteiger partial charge is 0.497 e. The Morgan fingerprint density at radius 1 is 1.34 bits per heavy atom. The highest BCUT2D eigenvalue weighted by atomic mass is 16.5. The molecule has 0 radical (unpaired) electrons. The number of nitrogens with zero attached hydrogens (tertiary/aromatic N) is 4. The monoisotopic (exact) mass is 475 g/mol. The zero-order valence-corrected chi connectivity index (χ0v) is 20.3.